The fraction of sp³-hybridized carbons (Fsp3) is 0.364. The number of hydrogen-bond donors (Lipinski definition) is 0. The van der Waals surface area contributed by atoms with E-state index in [9.17, 15) is 9.59 Å². The smallest absolute Gasteiger partial charge is 0.342 e. The van der Waals surface area contributed by atoms with Crippen molar-refractivity contribution in [2.45, 2.75) is 0 Å². The lowest BCUT2D eigenvalue weighted by Crippen LogP contribution is -2.48. The third-order valence-corrected chi connectivity index (χ3v) is 5.54. The molecule has 1 aliphatic heterocycles. The van der Waals surface area contributed by atoms with E-state index in [4.69, 9.17) is 18.3 Å². The fourth-order valence-corrected chi connectivity index (χ4v) is 3.82. The average Bonchev–Trinajstić information content (AvgIpc) is 3.56. The Morgan fingerprint density at radius 3 is 1.50 bits per heavy atom. The van der Waals surface area contributed by atoms with Crippen LogP contribution in [0.15, 0.2) is 45.2 Å². The van der Waals surface area contributed by atoms with Gasteiger partial charge < -0.3 is 18.3 Å². The summed E-state index contributed by atoms with van der Waals surface area (Å²) in [7, 11) is 0. The van der Waals surface area contributed by atoms with Gasteiger partial charge in [-0.15, -0.1) is 0 Å². The van der Waals surface area contributed by atoms with E-state index in [1.807, 2.05) is 12.1 Å². The van der Waals surface area contributed by atoms with Crippen molar-refractivity contribution in [2.24, 2.45) is 0 Å². The maximum Gasteiger partial charge on any atom is 0.342 e. The van der Waals surface area contributed by atoms with Crippen molar-refractivity contribution in [2.75, 3.05) is 52.5 Å². The molecule has 4 aromatic rings. The molecule has 4 aromatic heterocycles. The van der Waals surface area contributed by atoms with Crippen molar-refractivity contribution >= 4 is 34.3 Å². The van der Waals surface area contributed by atoms with Crippen LogP contribution in [-0.4, -0.2) is 74.2 Å². The Hall–Kier alpha value is -3.10. The van der Waals surface area contributed by atoms with Gasteiger partial charge in [-0.1, -0.05) is 0 Å². The highest BCUT2D eigenvalue weighted by atomic mass is 16.5. The molecule has 8 heteroatoms. The summed E-state index contributed by atoms with van der Waals surface area (Å²) >= 11 is 0. The number of carbonyl (C=O) groups excluding carboxylic acids is 2. The number of rotatable bonds is 8. The summed E-state index contributed by atoms with van der Waals surface area (Å²) in [5, 5.41) is 0. The molecule has 8 nitrogen and oxygen atoms in total. The maximum absolute atomic E-state index is 12.1. The summed E-state index contributed by atoms with van der Waals surface area (Å²) < 4.78 is 21.5. The standard InChI is InChI=1S/C22H22N2O6/c25-21(17-13-15-1-3-19(17)29-15)27-11-9-23-5-7-24(8-6-23)10-12-28-22(26)18-14-16-2-4-20(18)30-16/h1-4,13-14H,5-12H2. The van der Waals surface area contributed by atoms with E-state index in [0.717, 1.165) is 26.2 Å². The predicted octanol–water partition coefficient (Wildman–Crippen LogP) is 2.69. The Morgan fingerprint density at radius 2 is 1.17 bits per heavy atom. The van der Waals surface area contributed by atoms with Crippen LogP contribution >= 0.6 is 0 Å². The highest BCUT2D eigenvalue weighted by Crippen LogP contribution is 2.23. The van der Waals surface area contributed by atoms with Crippen LogP contribution in [0.4, 0.5) is 0 Å². The average molecular weight is 410 g/mol. The summed E-state index contributed by atoms with van der Waals surface area (Å²) in [5.74, 6) is -0.680. The van der Waals surface area contributed by atoms with Gasteiger partial charge in [-0.2, -0.15) is 0 Å². The molecule has 0 atom stereocenters. The van der Waals surface area contributed by atoms with E-state index in [2.05, 4.69) is 9.80 Å². The molecule has 0 spiro atoms. The monoisotopic (exact) mass is 410 g/mol. The Balaban J connectivity index is 0.976. The number of hydrogen-bond acceptors (Lipinski definition) is 8. The highest BCUT2D eigenvalue weighted by Gasteiger charge is 2.20. The minimum absolute atomic E-state index is 0.340. The van der Waals surface area contributed by atoms with Crippen molar-refractivity contribution in [3.8, 4) is 0 Å². The number of esters is 2. The quantitative estimate of drug-likeness (QED) is 0.410. The molecule has 0 amide bonds. The first kappa shape index (κ1) is 18.9. The summed E-state index contributed by atoms with van der Waals surface area (Å²) in [4.78, 5) is 28.8. The molecule has 0 radical (unpaired) electrons. The molecule has 1 saturated heterocycles. The van der Waals surface area contributed by atoms with Crippen LogP contribution in [0.1, 0.15) is 20.7 Å². The SMILES string of the molecule is O=C(OCCN1CCN(CCOC(=O)c2cc3ccc2o3)CC1)c1cc2ccc1o2. The molecule has 1 fully saturated rings. The second-order valence-corrected chi connectivity index (χ2v) is 7.48. The van der Waals surface area contributed by atoms with E-state index in [1.54, 1.807) is 24.3 Å². The molecular formula is C22H22N2O6. The molecule has 0 saturated carbocycles. The number of furan rings is 4. The molecule has 156 valence electrons. The zero-order valence-corrected chi connectivity index (χ0v) is 16.5. The van der Waals surface area contributed by atoms with Crippen molar-refractivity contribution < 1.29 is 27.9 Å². The first-order chi connectivity index (χ1) is 14.7. The molecule has 5 rings (SSSR count). The topological polar surface area (TPSA) is 85.4 Å². The molecule has 0 N–H and O–H groups in total. The molecule has 0 aliphatic carbocycles. The van der Waals surface area contributed by atoms with Crippen LogP contribution < -0.4 is 0 Å². The summed E-state index contributed by atoms with van der Waals surface area (Å²) in [5.41, 5.74) is 3.51. The lowest BCUT2D eigenvalue weighted by Gasteiger charge is -2.34. The lowest BCUT2D eigenvalue weighted by atomic mass is 10.2. The molecular weight excluding hydrogens is 388 g/mol. The van der Waals surface area contributed by atoms with Gasteiger partial charge in [0.05, 0.1) is 0 Å². The first-order valence-corrected chi connectivity index (χ1v) is 10.1. The summed E-state index contributed by atoms with van der Waals surface area (Å²) in [6, 6.07) is 10.6. The van der Waals surface area contributed by atoms with Crippen LogP contribution in [-0.2, 0) is 9.47 Å². The number of ether oxygens (including phenoxy) is 2. The van der Waals surface area contributed by atoms with E-state index in [0.29, 0.717) is 59.8 Å². The van der Waals surface area contributed by atoms with Gasteiger partial charge in [-0.25, -0.2) is 9.59 Å². The second kappa shape index (κ2) is 7.97. The van der Waals surface area contributed by atoms with Crippen LogP contribution in [0.5, 0.6) is 0 Å². The van der Waals surface area contributed by atoms with Crippen molar-refractivity contribution in [1.29, 1.82) is 0 Å². The highest BCUT2D eigenvalue weighted by molar-refractivity contribution is 5.99. The van der Waals surface area contributed by atoms with Crippen molar-refractivity contribution in [1.82, 2.24) is 9.80 Å². The molecule has 0 unspecified atom stereocenters. The minimum Gasteiger partial charge on any atom is -0.461 e. The molecule has 5 heterocycles. The number of nitrogens with zero attached hydrogens (tertiary/aromatic N) is 2. The van der Waals surface area contributed by atoms with Crippen LogP contribution in [0.25, 0.3) is 22.3 Å². The second-order valence-electron chi connectivity index (χ2n) is 7.48. The summed E-state index contributed by atoms with van der Waals surface area (Å²) in [6.45, 7) is 5.63. The fourth-order valence-electron chi connectivity index (χ4n) is 3.82. The zero-order chi connectivity index (χ0) is 20.5. The normalized spacial score (nSPS) is 16.0. The van der Waals surface area contributed by atoms with Gasteiger partial charge >= 0.3 is 11.9 Å². The number of carbonyl (C=O) groups is 2. The van der Waals surface area contributed by atoms with Crippen molar-refractivity contribution in [3.63, 3.8) is 0 Å². The maximum atomic E-state index is 12.1. The molecule has 0 aromatic carbocycles. The van der Waals surface area contributed by atoms with E-state index in [1.165, 1.54) is 0 Å². The van der Waals surface area contributed by atoms with E-state index >= 15 is 0 Å². The lowest BCUT2D eigenvalue weighted by molar-refractivity contribution is 0.0353. The van der Waals surface area contributed by atoms with Gasteiger partial charge in [0, 0.05) is 39.3 Å². The number of piperazine rings is 1. The van der Waals surface area contributed by atoms with Gasteiger partial charge in [0.25, 0.3) is 0 Å². The largest absolute Gasteiger partial charge is 0.461 e. The molecule has 30 heavy (non-hydrogen) atoms. The van der Waals surface area contributed by atoms with Gasteiger partial charge in [0.15, 0.2) is 0 Å². The van der Waals surface area contributed by atoms with Gasteiger partial charge in [0.2, 0.25) is 0 Å². The van der Waals surface area contributed by atoms with Crippen LogP contribution in [0, 0.1) is 0 Å². The van der Waals surface area contributed by atoms with Crippen LogP contribution in [0.3, 0.4) is 0 Å². The Labute approximate surface area is 172 Å². The van der Waals surface area contributed by atoms with Gasteiger partial charge in [-0.3, -0.25) is 9.80 Å². The number of fused-ring (bicyclic) bond motifs is 4. The van der Waals surface area contributed by atoms with Gasteiger partial charge in [0.1, 0.15) is 46.7 Å². The zero-order valence-electron chi connectivity index (χ0n) is 16.5. The molecule has 1 aliphatic rings. The Kier molecular flexibility index (Phi) is 5.02. The van der Waals surface area contributed by atoms with Crippen LogP contribution in [0.2, 0.25) is 0 Å². The predicted molar refractivity (Wildman–Crippen MR) is 108 cm³/mol. The van der Waals surface area contributed by atoms with Crippen molar-refractivity contribution in [3.05, 3.63) is 47.5 Å². The Morgan fingerprint density at radius 1 is 0.733 bits per heavy atom. The van der Waals surface area contributed by atoms with Gasteiger partial charge in [-0.05, 0) is 36.4 Å². The Bertz CT molecular complexity index is 1030. The summed E-state index contributed by atoms with van der Waals surface area (Å²) in [6.07, 6.45) is 0. The molecule has 4 bridgehead atoms. The number of benzene rings is 2. The van der Waals surface area contributed by atoms with E-state index in [-0.39, 0.29) is 11.9 Å². The third-order valence-electron chi connectivity index (χ3n) is 5.54. The first-order valence-electron chi connectivity index (χ1n) is 10.1. The third kappa shape index (κ3) is 3.83. The minimum atomic E-state index is -0.340. The van der Waals surface area contributed by atoms with E-state index < -0.39 is 0 Å².